The molecule has 2 aliphatic carbocycles. The van der Waals surface area contributed by atoms with E-state index in [9.17, 15) is 9.59 Å². The van der Waals surface area contributed by atoms with Crippen LogP contribution in [0, 0.1) is 23.7 Å². The molecule has 2 N–H and O–H groups in total. The van der Waals surface area contributed by atoms with E-state index >= 15 is 0 Å². The lowest BCUT2D eigenvalue weighted by Gasteiger charge is -2.40. The summed E-state index contributed by atoms with van der Waals surface area (Å²) in [5.74, 6) is 0.914. The third-order valence-electron chi connectivity index (χ3n) is 8.80. The van der Waals surface area contributed by atoms with Gasteiger partial charge in [-0.1, -0.05) is 31.5 Å². The number of benzene rings is 1. The predicted octanol–water partition coefficient (Wildman–Crippen LogP) is 4.84. The minimum absolute atomic E-state index is 0.0493. The summed E-state index contributed by atoms with van der Waals surface area (Å²) in [5, 5.41) is 6.51. The van der Waals surface area contributed by atoms with Crippen LogP contribution in [0.4, 0.5) is 0 Å². The molecule has 0 bridgehead atoms. The molecule has 192 valence electrons. The van der Waals surface area contributed by atoms with Crippen LogP contribution in [0.3, 0.4) is 0 Å². The van der Waals surface area contributed by atoms with Gasteiger partial charge in [0.1, 0.15) is 5.54 Å². The van der Waals surface area contributed by atoms with E-state index < -0.39 is 5.54 Å². The second-order valence-corrected chi connectivity index (χ2v) is 13.0. The fourth-order valence-corrected chi connectivity index (χ4v) is 6.28. The summed E-state index contributed by atoms with van der Waals surface area (Å²) in [6, 6.07) is 9.22. The summed E-state index contributed by atoms with van der Waals surface area (Å²) in [6.07, 6.45) is 3.46. The molecule has 6 nitrogen and oxygen atoms in total. The van der Waals surface area contributed by atoms with Crippen LogP contribution in [0.5, 0.6) is 0 Å². The Kier molecular flexibility index (Phi) is 6.68. The normalized spacial score (nSPS) is 32.7. The molecule has 3 aliphatic rings. The van der Waals surface area contributed by atoms with Crippen LogP contribution in [0.1, 0.15) is 85.0 Å². The van der Waals surface area contributed by atoms with Crippen molar-refractivity contribution in [3.8, 4) is 0 Å². The molecule has 3 fully saturated rings. The average Bonchev–Trinajstić information content (AvgIpc) is 3.15. The number of rotatable bonds is 7. The van der Waals surface area contributed by atoms with Gasteiger partial charge in [-0.2, -0.15) is 0 Å². The molecular weight excluding hydrogens is 439 g/mol. The lowest BCUT2D eigenvalue weighted by molar-refractivity contribution is -0.131. The molecular formula is C28H43BN2O4. The van der Waals surface area contributed by atoms with E-state index in [1.54, 1.807) is 12.1 Å². The van der Waals surface area contributed by atoms with Gasteiger partial charge in [0.25, 0.3) is 5.91 Å². The fourth-order valence-electron chi connectivity index (χ4n) is 6.28. The molecule has 1 aromatic rings. The molecule has 2 amide bonds. The summed E-state index contributed by atoms with van der Waals surface area (Å²) in [5.41, 5.74) is -1.39. The molecule has 0 spiro atoms. The highest BCUT2D eigenvalue weighted by molar-refractivity contribution is 6.45. The van der Waals surface area contributed by atoms with Gasteiger partial charge in [0, 0.05) is 11.1 Å². The number of carbonyl (C=O) groups excluding carboxylic acids is 2. The highest BCUT2D eigenvalue weighted by Crippen LogP contribution is 2.65. The van der Waals surface area contributed by atoms with Gasteiger partial charge in [0.15, 0.2) is 0 Å². The molecule has 7 heteroatoms. The highest BCUT2D eigenvalue weighted by atomic mass is 16.7. The Morgan fingerprint density at radius 3 is 2.23 bits per heavy atom. The first-order valence-corrected chi connectivity index (χ1v) is 13.2. The molecule has 35 heavy (non-hydrogen) atoms. The van der Waals surface area contributed by atoms with Crippen molar-refractivity contribution in [2.75, 3.05) is 0 Å². The number of nitrogens with one attached hydrogen (secondary N) is 2. The molecule has 1 aliphatic heterocycles. The van der Waals surface area contributed by atoms with E-state index in [0.29, 0.717) is 17.4 Å². The van der Waals surface area contributed by atoms with Crippen molar-refractivity contribution in [2.24, 2.45) is 23.7 Å². The van der Waals surface area contributed by atoms with Crippen molar-refractivity contribution in [3.63, 3.8) is 0 Å². The van der Waals surface area contributed by atoms with Crippen LogP contribution in [-0.2, 0) is 14.1 Å². The minimum atomic E-state index is -0.903. The zero-order valence-electron chi connectivity index (χ0n) is 22.7. The monoisotopic (exact) mass is 482 g/mol. The van der Waals surface area contributed by atoms with Crippen molar-refractivity contribution in [3.05, 3.63) is 35.9 Å². The number of carbonyl (C=O) groups is 2. The van der Waals surface area contributed by atoms with Crippen LogP contribution >= 0.6 is 0 Å². The number of fused-ring (bicyclic) bond motifs is 1. The first-order chi connectivity index (χ1) is 16.2. The third kappa shape index (κ3) is 4.91. The van der Waals surface area contributed by atoms with Crippen molar-refractivity contribution < 1.29 is 18.9 Å². The summed E-state index contributed by atoms with van der Waals surface area (Å²) < 4.78 is 12.4. The quantitative estimate of drug-likeness (QED) is 0.545. The smallest absolute Gasteiger partial charge is 0.403 e. The topological polar surface area (TPSA) is 76.7 Å². The first kappa shape index (κ1) is 26.2. The van der Waals surface area contributed by atoms with Gasteiger partial charge >= 0.3 is 7.12 Å². The van der Waals surface area contributed by atoms with Gasteiger partial charge in [-0.15, -0.1) is 0 Å². The number of amides is 2. The second-order valence-electron chi connectivity index (χ2n) is 13.0. The SMILES string of the molecule is C[C@@H]1[C@@H]2C[C@@H](CCCB3OC(C)(C)C(C)(C)O3)[C@](NC(=O)c3ccccc3)(C(=O)NC(C)(C)C)[C@H]12. The molecule has 1 aromatic carbocycles. The zero-order chi connectivity index (χ0) is 25.8. The summed E-state index contributed by atoms with van der Waals surface area (Å²) in [4.78, 5) is 27.3. The molecule has 4 rings (SSSR count). The second kappa shape index (κ2) is 8.91. The minimum Gasteiger partial charge on any atom is -0.403 e. The molecule has 1 saturated heterocycles. The van der Waals surface area contributed by atoms with Crippen LogP contribution in [0.25, 0.3) is 0 Å². The van der Waals surface area contributed by atoms with Gasteiger partial charge in [0.2, 0.25) is 5.91 Å². The first-order valence-electron chi connectivity index (χ1n) is 13.2. The Morgan fingerprint density at radius 1 is 1.06 bits per heavy atom. The Morgan fingerprint density at radius 2 is 1.66 bits per heavy atom. The number of hydrogen-bond donors (Lipinski definition) is 2. The van der Waals surface area contributed by atoms with Crippen molar-refractivity contribution in [1.82, 2.24) is 10.6 Å². The van der Waals surface area contributed by atoms with Gasteiger partial charge in [-0.25, -0.2) is 0 Å². The van der Waals surface area contributed by atoms with E-state index in [0.717, 1.165) is 25.6 Å². The van der Waals surface area contributed by atoms with Gasteiger partial charge < -0.3 is 19.9 Å². The number of hydrogen-bond acceptors (Lipinski definition) is 4. The van der Waals surface area contributed by atoms with Crippen LogP contribution < -0.4 is 10.6 Å². The maximum absolute atomic E-state index is 14.0. The predicted molar refractivity (Wildman–Crippen MR) is 139 cm³/mol. The molecule has 1 heterocycles. The van der Waals surface area contributed by atoms with Crippen molar-refractivity contribution in [1.29, 1.82) is 0 Å². The van der Waals surface area contributed by atoms with E-state index in [2.05, 4.69) is 45.3 Å². The van der Waals surface area contributed by atoms with Crippen LogP contribution in [0.15, 0.2) is 30.3 Å². The average molecular weight is 482 g/mol. The van der Waals surface area contributed by atoms with Crippen molar-refractivity contribution in [2.45, 2.75) is 103 Å². The Balaban J connectivity index is 1.54. The summed E-state index contributed by atoms with van der Waals surface area (Å²) in [6.45, 7) is 16.5. The van der Waals surface area contributed by atoms with Crippen LogP contribution in [0.2, 0.25) is 6.32 Å². The van der Waals surface area contributed by atoms with Crippen LogP contribution in [-0.4, -0.2) is 41.2 Å². The highest BCUT2D eigenvalue weighted by Gasteiger charge is 2.71. The molecule has 5 atom stereocenters. The lowest BCUT2D eigenvalue weighted by atomic mass is 9.74. The molecule has 0 unspecified atom stereocenters. The zero-order valence-corrected chi connectivity index (χ0v) is 22.7. The molecule has 2 saturated carbocycles. The summed E-state index contributed by atoms with van der Waals surface area (Å²) >= 11 is 0. The van der Waals surface area contributed by atoms with E-state index in [1.165, 1.54) is 0 Å². The largest absolute Gasteiger partial charge is 0.457 e. The fraction of sp³-hybridized carbons (Fsp3) is 0.714. The lowest BCUT2D eigenvalue weighted by Crippen LogP contribution is -2.65. The Labute approximate surface area is 211 Å². The van der Waals surface area contributed by atoms with Gasteiger partial charge in [-0.05, 0) is 103 Å². The standard InChI is InChI=1S/C28H43BN2O4/c1-18-21-17-20(15-12-16-29-34-26(5,6)27(7,8)35-29)28(22(18)21,24(33)31-25(2,3)4)30-23(32)19-13-10-9-11-14-19/h9-11,13-14,18,20-22H,12,15-17H2,1-8H3,(H,30,32)(H,31,33)/t18-,20-,21+,22-,28-/m1/s1. The van der Waals surface area contributed by atoms with E-state index in [4.69, 9.17) is 9.31 Å². The maximum Gasteiger partial charge on any atom is 0.457 e. The van der Waals surface area contributed by atoms with Gasteiger partial charge in [-0.3, -0.25) is 9.59 Å². The van der Waals surface area contributed by atoms with Gasteiger partial charge in [0.05, 0.1) is 11.2 Å². The molecule has 0 radical (unpaired) electrons. The molecule has 0 aromatic heterocycles. The Hall–Kier alpha value is -1.86. The summed E-state index contributed by atoms with van der Waals surface area (Å²) in [7, 11) is -0.244. The Bertz CT molecular complexity index is 941. The van der Waals surface area contributed by atoms with E-state index in [-0.39, 0.29) is 47.5 Å². The maximum atomic E-state index is 14.0. The van der Waals surface area contributed by atoms with Crippen molar-refractivity contribution >= 4 is 18.9 Å². The third-order valence-corrected chi connectivity index (χ3v) is 8.80. The van der Waals surface area contributed by atoms with E-state index in [1.807, 2.05) is 39.0 Å².